The number of benzene rings is 2. The van der Waals surface area contributed by atoms with Gasteiger partial charge in [-0.05, 0) is 49.6 Å². The Hall–Kier alpha value is -2.90. The SMILES string of the molecule is CCNC(=O)C(CC)N(Cc1ccc(Cl)c(Cl)c1)C(=O)CCCN1C(=O)c2ccccc2C1=O. The summed E-state index contributed by atoms with van der Waals surface area (Å²) >= 11 is 12.2. The van der Waals surface area contributed by atoms with E-state index >= 15 is 0 Å². The summed E-state index contributed by atoms with van der Waals surface area (Å²) in [7, 11) is 0. The number of halogens is 2. The van der Waals surface area contributed by atoms with Crippen LogP contribution in [0.1, 0.15) is 59.4 Å². The molecule has 0 saturated heterocycles. The molecule has 3 rings (SSSR count). The topological polar surface area (TPSA) is 86.8 Å². The first-order valence-electron chi connectivity index (χ1n) is 11.2. The molecular weight excluding hydrogens is 477 g/mol. The molecule has 2 aromatic carbocycles. The highest BCUT2D eigenvalue weighted by Crippen LogP contribution is 2.25. The minimum absolute atomic E-state index is 0.0740. The summed E-state index contributed by atoms with van der Waals surface area (Å²) in [5.41, 5.74) is 1.50. The first-order valence-corrected chi connectivity index (χ1v) is 12.0. The maximum Gasteiger partial charge on any atom is 0.261 e. The Balaban J connectivity index is 1.71. The van der Waals surface area contributed by atoms with Crippen molar-refractivity contribution < 1.29 is 19.2 Å². The molecule has 1 N–H and O–H groups in total. The van der Waals surface area contributed by atoms with Crippen molar-refractivity contribution in [2.75, 3.05) is 13.1 Å². The van der Waals surface area contributed by atoms with Gasteiger partial charge in [0.1, 0.15) is 6.04 Å². The normalized spacial score (nSPS) is 13.6. The molecule has 0 aromatic heterocycles. The number of fused-ring (bicyclic) bond motifs is 1. The summed E-state index contributed by atoms with van der Waals surface area (Å²) < 4.78 is 0. The highest BCUT2D eigenvalue weighted by Gasteiger charge is 2.35. The molecule has 1 aliphatic rings. The number of nitrogens with one attached hydrogen (secondary N) is 1. The van der Waals surface area contributed by atoms with E-state index in [1.165, 1.54) is 9.80 Å². The molecule has 1 aliphatic heterocycles. The summed E-state index contributed by atoms with van der Waals surface area (Å²) in [6.45, 7) is 4.41. The maximum atomic E-state index is 13.3. The predicted molar refractivity (Wildman–Crippen MR) is 131 cm³/mol. The molecule has 4 amide bonds. The quantitative estimate of drug-likeness (QED) is 0.489. The molecule has 1 unspecified atom stereocenters. The van der Waals surface area contributed by atoms with Crippen LogP contribution >= 0.6 is 23.2 Å². The second kappa shape index (κ2) is 11.5. The minimum Gasteiger partial charge on any atom is -0.355 e. The summed E-state index contributed by atoms with van der Waals surface area (Å²) in [4.78, 5) is 53.8. The lowest BCUT2D eigenvalue weighted by Gasteiger charge is -2.31. The molecule has 0 bridgehead atoms. The van der Waals surface area contributed by atoms with Gasteiger partial charge in [0.15, 0.2) is 0 Å². The zero-order valence-corrected chi connectivity index (χ0v) is 20.7. The van der Waals surface area contributed by atoms with Gasteiger partial charge in [0.2, 0.25) is 11.8 Å². The van der Waals surface area contributed by atoms with Gasteiger partial charge in [-0.1, -0.05) is 48.3 Å². The molecule has 0 saturated carbocycles. The highest BCUT2D eigenvalue weighted by molar-refractivity contribution is 6.42. The minimum atomic E-state index is -0.666. The third-order valence-corrected chi connectivity index (χ3v) is 6.46. The van der Waals surface area contributed by atoms with Crippen LogP contribution in [0.5, 0.6) is 0 Å². The number of carbonyl (C=O) groups excluding carboxylic acids is 4. The number of amides is 4. The van der Waals surface area contributed by atoms with Gasteiger partial charge in [0.05, 0.1) is 21.2 Å². The molecule has 1 heterocycles. The number of imide groups is 1. The highest BCUT2D eigenvalue weighted by atomic mass is 35.5. The van der Waals surface area contributed by atoms with Crippen LogP contribution in [-0.2, 0) is 16.1 Å². The van der Waals surface area contributed by atoms with E-state index < -0.39 is 6.04 Å². The number of hydrogen-bond donors (Lipinski definition) is 1. The largest absolute Gasteiger partial charge is 0.355 e. The fourth-order valence-electron chi connectivity index (χ4n) is 4.02. The molecule has 0 aliphatic carbocycles. The van der Waals surface area contributed by atoms with E-state index in [1.54, 1.807) is 42.5 Å². The van der Waals surface area contributed by atoms with Gasteiger partial charge in [0.25, 0.3) is 11.8 Å². The Bertz CT molecular complexity index is 1070. The van der Waals surface area contributed by atoms with Crippen LogP contribution in [0.15, 0.2) is 42.5 Å². The van der Waals surface area contributed by atoms with Gasteiger partial charge >= 0.3 is 0 Å². The van der Waals surface area contributed by atoms with Crippen molar-refractivity contribution in [3.05, 3.63) is 69.2 Å². The molecule has 0 radical (unpaired) electrons. The maximum absolute atomic E-state index is 13.3. The molecule has 0 fully saturated rings. The van der Waals surface area contributed by atoms with E-state index in [4.69, 9.17) is 23.2 Å². The lowest BCUT2D eigenvalue weighted by atomic mass is 10.1. The standard InChI is InChI=1S/C25H27Cl2N3O4/c1-3-21(23(32)28-4-2)30(15-16-11-12-19(26)20(27)14-16)22(31)10-7-13-29-24(33)17-8-5-6-9-18(17)25(29)34/h5-6,8-9,11-12,14,21H,3-4,7,10,13,15H2,1-2H3,(H,28,32). The lowest BCUT2D eigenvalue weighted by molar-refractivity contribution is -0.141. The van der Waals surface area contributed by atoms with Crippen LogP contribution in [0.3, 0.4) is 0 Å². The van der Waals surface area contributed by atoms with Gasteiger partial charge in [-0.3, -0.25) is 24.1 Å². The van der Waals surface area contributed by atoms with Crippen LogP contribution in [0.4, 0.5) is 0 Å². The lowest BCUT2D eigenvalue weighted by Crippen LogP contribution is -2.49. The molecule has 9 heteroatoms. The van der Waals surface area contributed by atoms with Crippen LogP contribution in [-0.4, -0.2) is 52.6 Å². The Morgan fingerprint density at radius 3 is 2.21 bits per heavy atom. The van der Waals surface area contributed by atoms with Crippen molar-refractivity contribution in [1.29, 1.82) is 0 Å². The van der Waals surface area contributed by atoms with E-state index in [9.17, 15) is 19.2 Å². The summed E-state index contributed by atoms with van der Waals surface area (Å²) in [5.74, 6) is -1.19. The summed E-state index contributed by atoms with van der Waals surface area (Å²) in [6.07, 6.45) is 0.788. The molecule has 34 heavy (non-hydrogen) atoms. The first-order chi connectivity index (χ1) is 16.3. The molecule has 7 nitrogen and oxygen atoms in total. The predicted octanol–water partition coefficient (Wildman–Crippen LogP) is 4.31. The van der Waals surface area contributed by atoms with Crippen molar-refractivity contribution in [2.24, 2.45) is 0 Å². The van der Waals surface area contributed by atoms with Crippen LogP contribution in [0.25, 0.3) is 0 Å². The van der Waals surface area contributed by atoms with Gasteiger partial charge in [-0.25, -0.2) is 0 Å². The van der Waals surface area contributed by atoms with E-state index in [2.05, 4.69) is 5.32 Å². The molecule has 0 spiro atoms. The van der Waals surface area contributed by atoms with Crippen molar-refractivity contribution >= 4 is 46.8 Å². The van der Waals surface area contributed by atoms with E-state index in [-0.39, 0.29) is 49.6 Å². The molecule has 180 valence electrons. The van der Waals surface area contributed by atoms with Crippen molar-refractivity contribution in [2.45, 2.75) is 45.7 Å². The molecular formula is C25H27Cl2N3O4. The van der Waals surface area contributed by atoms with Gasteiger partial charge in [0, 0.05) is 26.1 Å². The Morgan fingerprint density at radius 2 is 1.65 bits per heavy atom. The first kappa shape index (κ1) is 25.7. The smallest absolute Gasteiger partial charge is 0.261 e. The van der Waals surface area contributed by atoms with Crippen molar-refractivity contribution in [1.82, 2.24) is 15.1 Å². The number of rotatable bonds is 10. The van der Waals surface area contributed by atoms with Gasteiger partial charge < -0.3 is 10.2 Å². The number of likely N-dealkylation sites (N-methyl/N-ethyl adjacent to an activating group) is 1. The van der Waals surface area contributed by atoms with Crippen LogP contribution in [0, 0.1) is 0 Å². The van der Waals surface area contributed by atoms with E-state index in [1.807, 2.05) is 13.8 Å². The van der Waals surface area contributed by atoms with Crippen LogP contribution < -0.4 is 5.32 Å². The summed E-state index contributed by atoms with van der Waals surface area (Å²) in [5, 5.41) is 3.55. The summed E-state index contributed by atoms with van der Waals surface area (Å²) in [6, 6.07) is 11.1. The Labute approximate surface area is 209 Å². The van der Waals surface area contributed by atoms with Crippen molar-refractivity contribution in [3.8, 4) is 0 Å². The van der Waals surface area contributed by atoms with Gasteiger partial charge in [-0.2, -0.15) is 0 Å². The van der Waals surface area contributed by atoms with Gasteiger partial charge in [-0.15, -0.1) is 0 Å². The average Bonchev–Trinajstić information content (AvgIpc) is 3.06. The second-order valence-corrected chi connectivity index (χ2v) is 8.81. The average molecular weight is 504 g/mol. The molecule has 1 atom stereocenters. The Morgan fingerprint density at radius 1 is 1.00 bits per heavy atom. The fourth-order valence-corrected chi connectivity index (χ4v) is 4.34. The number of carbonyl (C=O) groups is 4. The monoisotopic (exact) mass is 503 g/mol. The second-order valence-electron chi connectivity index (χ2n) is 8.00. The van der Waals surface area contributed by atoms with Crippen LogP contribution in [0.2, 0.25) is 10.0 Å². The zero-order chi connectivity index (χ0) is 24.8. The fraction of sp³-hybridized carbons (Fsp3) is 0.360. The third-order valence-electron chi connectivity index (χ3n) is 5.72. The van der Waals surface area contributed by atoms with Crippen molar-refractivity contribution in [3.63, 3.8) is 0 Å². The zero-order valence-electron chi connectivity index (χ0n) is 19.1. The Kier molecular flexibility index (Phi) is 8.69. The van der Waals surface area contributed by atoms with E-state index in [0.29, 0.717) is 34.1 Å². The number of nitrogens with zero attached hydrogens (tertiary/aromatic N) is 2. The number of hydrogen-bond acceptors (Lipinski definition) is 4. The van der Waals surface area contributed by atoms with E-state index in [0.717, 1.165) is 5.56 Å². The molecule has 2 aromatic rings. The third kappa shape index (κ3) is 5.59.